The van der Waals surface area contributed by atoms with Gasteiger partial charge >= 0.3 is 23.9 Å². The molecule has 0 aliphatic carbocycles. The van der Waals surface area contributed by atoms with Gasteiger partial charge in [0.25, 0.3) is 0 Å². The van der Waals surface area contributed by atoms with Crippen molar-refractivity contribution in [2.45, 2.75) is 58.1 Å². The second-order valence-electron chi connectivity index (χ2n) is 6.47. The molecule has 1 heterocycles. The van der Waals surface area contributed by atoms with Gasteiger partial charge in [0.05, 0.1) is 13.7 Å². The number of hydrogen-bond acceptors (Lipinski definition) is 10. The molecule has 10 heteroatoms. The van der Waals surface area contributed by atoms with Crippen LogP contribution in [-0.4, -0.2) is 61.7 Å². The second kappa shape index (κ2) is 10.7. The van der Waals surface area contributed by atoms with Gasteiger partial charge in [0.2, 0.25) is 6.29 Å². The van der Waals surface area contributed by atoms with Gasteiger partial charge in [-0.3, -0.25) is 14.4 Å². The van der Waals surface area contributed by atoms with Crippen LogP contribution in [0.25, 0.3) is 0 Å². The molecule has 0 aromatic heterocycles. The Morgan fingerprint density at radius 1 is 0.833 bits per heavy atom. The highest BCUT2D eigenvalue weighted by molar-refractivity contribution is 5.77. The van der Waals surface area contributed by atoms with E-state index in [2.05, 4.69) is 0 Å². The van der Waals surface area contributed by atoms with Gasteiger partial charge in [-0.15, -0.1) is 0 Å². The minimum Gasteiger partial charge on any atom is -0.467 e. The molecule has 0 spiro atoms. The average molecular weight is 424 g/mol. The first-order chi connectivity index (χ1) is 14.2. The lowest BCUT2D eigenvalue weighted by Crippen LogP contribution is -2.63. The fourth-order valence-electron chi connectivity index (χ4n) is 2.97. The first kappa shape index (κ1) is 23.3. The summed E-state index contributed by atoms with van der Waals surface area (Å²) in [4.78, 5) is 47.2. The van der Waals surface area contributed by atoms with Crippen LogP contribution in [0.2, 0.25) is 0 Å². The van der Waals surface area contributed by atoms with Gasteiger partial charge in [-0.25, -0.2) is 4.79 Å². The molecule has 2 rings (SSSR count). The third kappa shape index (κ3) is 6.26. The predicted molar refractivity (Wildman–Crippen MR) is 98.6 cm³/mol. The summed E-state index contributed by atoms with van der Waals surface area (Å²) in [7, 11) is 1.12. The molecule has 0 bridgehead atoms. The van der Waals surface area contributed by atoms with Crippen LogP contribution in [-0.2, 0) is 54.2 Å². The summed E-state index contributed by atoms with van der Waals surface area (Å²) in [6, 6.07) is 9.01. The summed E-state index contributed by atoms with van der Waals surface area (Å²) in [5.74, 6) is -3.06. The quantitative estimate of drug-likeness (QED) is 0.460. The van der Waals surface area contributed by atoms with Crippen LogP contribution in [0.15, 0.2) is 30.3 Å². The van der Waals surface area contributed by atoms with Crippen molar-refractivity contribution in [3.8, 4) is 0 Å². The molecule has 1 aromatic carbocycles. The van der Waals surface area contributed by atoms with E-state index in [0.717, 1.165) is 33.4 Å². The van der Waals surface area contributed by atoms with Crippen molar-refractivity contribution in [1.29, 1.82) is 0 Å². The SMILES string of the molecule is COC(=O)C1O[C@H](OC(C)=O)C(OC(C)=O)C(OCc2ccccc2)[C@@H]1OC(C)=O. The molecule has 1 aliphatic heterocycles. The molecular formula is C20H24O10. The van der Waals surface area contributed by atoms with Gasteiger partial charge in [-0.1, -0.05) is 30.3 Å². The van der Waals surface area contributed by atoms with E-state index >= 15 is 0 Å². The summed E-state index contributed by atoms with van der Waals surface area (Å²) >= 11 is 0. The maximum absolute atomic E-state index is 12.3. The van der Waals surface area contributed by atoms with Crippen LogP contribution in [0.4, 0.5) is 0 Å². The maximum atomic E-state index is 12.3. The lowest BCUT2D eigenvalue weighted by Gasteiger charge is -2.43. The number of hydrogen-bond donors (Lipinski definition) is 0. The van der Waals surface area contributed by atoms with Crippen molar-refractivity contribution in [1.82, 2.24) is 0 Å². The van der Waals surface area contributed by atoms with Crippen LogP contribution in [0, 0.1) is 0 Å². The number of benzene rings is 1. The molecule has 5 atom stereocenters. The number of methoxy groups -OCH3 is 1. The van der Waals surface area contributed by atoms with Crippen molar-refractivity contribution >= 4 is 23.9 Å². The smallest absolute Gasteiger partial charge is 0.339 e. The van der Waals surface area contributed by atoms with Gasteiger partial charge in [-0.05, 0) is 5.56 Å². The fraction of sp³-hybridized carbons (Fsp3) is 0.500. The first-order valence-electron chi connectivity index (χ1n) is 9.13. The zero-order valence-corrected chi connectivity index (χ0v) is 17.1. The van der Waals surface area contributed by atoms with Crippen LogP contribution in [0.5, 0.6) is 0 Å². The second-order valence-corrected chi connectivity index (χ2v) is 6.47. The largest absolute Gasteiger partial charge is 0.467 e. The molecule has 1 aliphatic rings. The fourth-order valence-corrected chi connectivity index (χ4v) is 2.97. The summed E-state index contributed by atoms with van der Waals surface area (Å²) in [5.41, 5.74) is 0.769. The van der Waals surface area contributed by atoms with E-state index in [1.54, 1.807) is 24.3 Å². The first-order valence-corrected chi connectivity index (χ1v) is 9.13. The van der Waals surface area contributed by atoms with E-state index < -0.39 is 54.6 Å². The van der Waals surface area contributed by atoms with E-state index in [1.165, 1.54) is 0 Å². The van der Waals surface area contributed by atoms with Crippen LogP contribution >= 0.6 is 0 Å². The van der Waals surface area contributed by atoms with Crippen molar-refractivity contribution < 1.29 is 47.6 Å². The average Bonchev–Trinajstić information content (AvgIpc) is 2.68. The molecular weight excluding hydrogens is 400 g/mol. The molecule has 1 fully saturated rings. The molecule has 1 saturated heterocycles. The van der Waals surface area contributed by atoms with E-state index in [0.29, 0.717) is 0 Å². The van der Waals surface area contributed by atoms with E-state index in [9.17, 15) is 19.2 Å². The Balaban J connectivity index is 2.42. The van der Waals surface area contributed by atoms with Crippen molar-refractivity contribution in [3.05, 3.63) is 35.9 Å². The van der Waals surface area contributed by atoms with Crippen molar-refractivity contribution in [2.75, 3.05) is 7.11 Å². The third-order valence-electron chi connectivity index (χ3n) is 4.10. The molecule has 30 heavy (non-hydrogen) atoms. The van der Waals surface area contributed by atoms with Gasteiger partial charge < -0.3 is 28.4 Å². The van der Waals surface area contributed by atoms with E-state index in [4.69, 9.17) is 28.4 Å². The van der Waals surface area contributed by atoms with Gasteiger partial charge in [0, 0.05) is 20.8 Å². The summed E-state index contributed by atoms with van der Waals surface area (Å²) in [5, 5.41) is 0. The van der Waals surface area contributed by atoms with Gasteiger partial charge in [0.15, 0.2) is 18.3 Å². The summed E-state index contributed by atoms with van der Waals surface area (Å²) in [6.07, 6.45) is -6.78. The Kier molecular flexibility index (Phi) is 8.31. The topological polar surface area (TPSA) is 124 Å². The van der Waals surface area contributed by atoms with E-state index in [-0.39, 0.29) is 6.61 Å². The number of carbonyl (C=O) groups is 4. The molecule has 164 valence electrons. The van der Waals surface area contributed by atoms with Gasteiger partial charge in [0.1, 0.15) is 6.10 Å². The van der Waals surface area contributed by atoms with Gasteiger partial charge in [-0.2, -0.15) is 0 Å². The normalized spacial score (nSPS) is 25.7. The molecule has 10 nitrogen and oxygen atoms in total. The van der Waals surface area contributed by atoms with E-state index in [1.807, 2.05) is 6.07 Å². The minimum absolute atomic E-state index is 0.0295. The number of esters is 4. The number of carbonyl (C=O) groups excluding carboxylic acids is 4. The van der Waals surface area contributed by atoms with Crippen LogP contribution < -0.4 is 0 Å². The van der Waals surface area contributed by atoms with Crippen molar-refractivity contribution in [2.24, 2.45) is 0 Å². The lowest BCUT2D eigenvalue weighted by molar-refractivity contribution is -0.299. The molecule has 1 aromatic rings. The zero-order valence-electron chi connectivity index (χ0n) is 17.1. The zero-order chi connectivity index (χ0) is 22.3. The summed E-state index contributed by atoms with van der Waals surface area (Å²) < 4.78 is 31.8. The van der Waals surface area contributed by atoms with Crippen LogP contribution in [0.1, 0.15) is 26.3 Å². The molecule has 0 saturated carbocycles. The Hall–Kier alpha value is -2.98. The molecule has 0 radical (unpaired) electrons. The number of ether oxygens (including phenoxy) is 6. The highest BCUT2D eigenvalue weighted by Gasteiger charge is 2.54. The Morgan fingerprint density at radius 3 is 1.93 bits per heavy atom. The predicted octanol–water partition coefficient (Wildman–Crippen LogP) is 0.896. The highest BCUT2D eigenvalue weighted by atomic mass is 16.7. The Bertz CT molecular complexity index is 762. The lowest BCUT2D eigenvalue weighted by atomic mass is 9.97. The Morgan fingerprint density at radius 2 is 1.40 bits per heavy atom. The van der Waals surface area contributed by atoms with Crippen molar-refractivity contribution in [3.63, 3.8) is 0 Å². The summed E-state index contributed by atoms with van der Waals surface area (Å²) in [6.45, 7) is 3.44. The van der Waals surface area contributed by atoms with Crippen LogP contribution in [0.3, 0.4) is 0 Å². The number of rotatable bonds is 7. The third-order valence-corrected chi connectivity index (χ3v) is 4.10. The Labute approximate surface area is 173 Å². The minimum atomic E-state index is -1.48. The monoisotopic (exact) mass is 424 g/mol. The molecule has 0 amide bonds. The molecule has 3 unspecified atom stereocenters. The molecule has 0 N–H and O–H groups in total. The highest BCUT2D eigenvalue weighted by Crippen LogP contribution is 2.30. The standard InChI is InChI=1S/C20H24O10/c1-11(21)27-16-15(26-10-14-8-6-5-7-9-14)18(28-12(2)22)20(29-13(3)23)30-17(16)19(24)25-4/h5-9,15-18,20H,10H2,1-4H3/t15?,16-,17?,18?,20-/m0/s1. The maximum Gasteiger partial charge on any atom is 0.339 e.